The number of hydrazone groups is 1. The third-order valence-corrected chi connectivity index (χ3v) is 4.37. The number of amides is 1. The Balaban J connectivity index is 1.80. The number of nitrogens with one attached hydrogen (secondary N) is 1. The fourth-order valence-electron chi connectivity index (χ4n) is 3.02. The van der Waals surface area contributed by atoms with E-state index in [1.165, 1.54) is 6.42 Å². The Kier molecular flexibility index (Phi) is 6.78. The number of carbonyl (C=O) groups is 2. The highest BCUT2D eigenvalue weighted by atomic mass is 16.5. The summed E-state index contributed by atoms with van der Waals surface area (Å²) in [6.07, 6.45) is 8.38. The van der Waals surface area contributed by atoms with Gasteiger partial charge in [0.05, 0.1) is 13.3 Å². The zero-order valence-electron chi connectivity index (χ0n) is 13.5. The molecule has 124 valence electrons. The van der Waals surface area contributed by atoms with Crippen LogP contribution < -0.4 is 10.2 Å². The minimum absolute atomic E-state index is 0.188. The number of hydrogen-bond donors (Lipinski definition) is 1. The number of methoxy groups -OCH3 is 1. The molecule has 1 N–H and O–H groups in total. The molecule has 1 aromatic rings. The molecule has 1 aliphatic rings. The van der Waals surface area contributed by atoms with Crippen LogP contribution in [0.15, 0.2) is 29.4 Å². The normalized spacial score (nSPS) is 16.9. The van der Waals surface area contributed by atoms with Gasteiger partial charge in [0, 0.05) is 12.3 Å². The molecule has 23 heavy (non-hydrogen) atoms. The molecule has 0 heterocycles. The largest absolute Gasteiger partial charge is 0.497 e. The summed E-state index contributed by atoms with van der Waals surface area (Å²) in [6.45, 7) is 0. The Morgan fingerprint density at radius 3 is 2.61 bits per heavy atom. The van der Waals surface area contributed by atoms with Crippen LogP contribution in [0, 0.1) is 11.8 Å². The van der Waals surface area contributed by atoms with Crippen LogP contribution >= 0.6 is 0 Å². The lowest BCUT2D eigenvalue weighted by Crippen LogP contribution is -2.27. The summed E-state index contributed by atoms with van der Waals surface area (Å²) in [5, 5.41) is 3.95. The highest BCUT2D eigenvalue weighted by Gasteiger charge is 2.25. The quantitative estimate of drug-likeness (QED) is 0.478. The van der Waals surface area contributed by atoms with Gasteiger partial charge in [0.2, 0.25) is 5.91 Å². The van der Waals surface area contributed by atoms with E-state index < -0.39 is 0 Å². The van der Waals surface area contributed by atoms with E-state index in [0.717, 1.165) is 43.3 Å². The van der Waals surface area contributed by atoms with Crippen LogP contribution in [-0.4, -0.2) is 25.5 Å². The minimum atomic E-state index is -0.211. The number of hydrogen-bond acceptors (Lipinski definition) is 4. The van der Waals surface area contributed by atoms with Gasteiger partial charge in [-0.05, 0) is 48.6 Å². The maximum absolute atomic E-state index is 11.9. The standard InChI is InChI=1S/C18H24N2O3/c1-23-17-9-7-14(8-10-17)12-19-20-18(22)11-16(13-21)15-5-3-2-4-6-15/h7-10,12-13,15-16H,2-6,11H2,1H3,(H,20,22)/b19-12-. The van der Waals surface area contributed by atoms with E-state index in [9.17, 15) is 9.59 Å². The second kappa shape index (κ2) is 9.08. The van der Waals surface area contributed by atoms with Crippen molar-refractivity contribution in [3.05, 3.63) is 29.8 Å². The maximum Gasteiger partial charge on any atom is 0.240 e. The topological polar surface area (TPSA) is 67.8 Å². The maximum atomic E-state index is 11.9. The molecular formula is C18H24N2O3. The van der Waals surface area contributed by atoms with Crippen molar-refractivity contribution < 1.29 is 14.3 Å². The van der Waals surface area contributed by atoms with Crippen LogP contribution in [0.4, 0.5) is 0 Å². The van der Waals surface area contributed by atoms with Gasteiger partial charge in [0.1, 0.15) is 12.0 Å². The molecule has 1 amide bonds. The van der Waals surface area contributed by atoms with Gasteiger partial charge in [-0.2, -0.15) is 5.10 Å². The summed E-state index contributed by atoms with van der Waals surface area (Å²) in [5.74, 6) is 0.717. The summed E-state index contributed by atoms with van der Waals surface area (Å²) < 4.78 is 5.08. The molecule has 2 rings (SSSR count). The molecule has 1 atom stereocenters. The van der Waals surface area contributed by atoms with Crippen molar-refractivity contribution in [2.24, 2.45) is 16.9 Å². The second-order valence-electron chi connectivity index (χ2n) is 5.97. The van der Waals surface area contributed by atoms with E-state index in [4.69, 9.17) is 4.74 Å². The summed E-state index contributed by atoms with van der Waals surface area (Å²) in [7, 11) is 1.61. The van der Waals surface area contributed by atoms with E-state index in [2.05, 4.69) is 10.5 Å². The van der Waals surface area contributed by atoms with Gasteiger partial charge >= 0.3 is 0 Å². The first-order valence-corrected chi connectivity index (χ1v) is 8.14. The smallest absolute Gasteiger partial charge is 0.240 e. The van der Waals surface area contributed by atoms with Crippen LogP contribution in [-0.2, 0) is 9.59 Å². The first-order chi connectivity index (χ1) is 11.2. The van der Waals surface area contributed by atoms with Crippen molar-refractivity contribution in [1.29, 1.82) is 0 Å². The third kappa shape index (κ3) is 5.51. The van der Waals surface area contributed by atoms with Crippen molar-refractivity contribution >= 4 is 18.4 Å². The van der Waals surface area contributed by atoms with Crippen LogP contribution in [0.3, 0.4) is 0 Å². The average molecular weight is 316 g/mol. The Bertz CT molecular complexity index is 534. The van der Waals surface area contributed by atoms with Crippen molar-refractivity contribution in [3.8, 4) is 5.75 Å². The van der Waals surface area contributed by atoms with Gasteiger partial charge in [0.25, 0.3) is 0 Å². The van der Waals surface area contributed by atoms with Gasteiger partial charge in [0.15, 0.2) is 0 Å². The Labute approximate surface area is 137 Å². The lowest BCUT2D eigenvalue weighted by molar-refractivity contribution is -0.125. The molecule has 1 fully saturated rings. The summed E-state index contributed by atoms with van der Waals surface area (Å²) >= 11 is 0. The van der Waals surface area contributed by atoms with Crippen molar-refractivity contribution in [3.63, 3.8) is 0 Å². The van der Waals surface area contributed by atoms with Crippen LogP contribution in [0.2, 0.25) is 0 Å². The molecule has 1 unspecified atom stereocenters. The summed E-state index contributed by atoms with van der Waals surface area (Å²) in [5.41, 5.74) is 3.37. The number of aldehydes is 1. The second-order valence-corrected chi connectivity index (χ2v) is 5.97. The predicted molar refractivity (Wildman–Crippen MR) is 89.5 cm³/mol. The molecule has 5 nitrogen and oxygen atoms in total. The number of nitrogens with zero attached hydrogens (tertiary/aromatic N) is 1. The summed E-state index contributed by atoms with van der Waals surface area (Å²) in [6, 6.07) is 7.36. The molecule has 0 spiro atoms. The first kappa shape index (κ1) is 17.2. The van der Waals surface area contributed by atoms with E-state index in [1.54, 1.807) is 13.3 Å². The molecule has 5 heteroatoms. The van der Waals surface area contributed by atoms with Crippen LogP contribution in [0.5, 0.6) is 5.75 Å². The van der Waals surface area contributed by atoms with E-state index in [-0.39, 0.29) is 18.2 Å². The van der Waals surface area contributed by atoms with Gasteiger partial charge in [-0.3, -0.25) is 4.79 Å². The highest BCUT2D eigenvalue weighted by Crippen LogP contribution is 2.30. The van der Waals surface area contributed by atoms with Crippen molar-refractivity contribution in [2.75, 3.05) is 7.11 Å². The number of carbonyl (C=O) groups excluding carboxylic acids is 2. The molecule has 0 radical (unpaired) electrons. The Morgan fingerprint density at radius 1 is 1.30 bits per heavy atom. The minimum Gasteiger partial charge on any atom is -0.497 e. The molecule has 0 saturated heterocycles. The van der Waals surface area contributed by atoms with Crippen molar-refractivity contribution in [2.45, 2.75) is 38.5 Å². The zero-order chi connectivity index (χ0) is 16.5. The molecule has 1 aliphatic carbocycles. The fraction of sp³-hybridized carbons (Fsp3) is 0.500. The molecular weight excluding hydrogens is 292 g/mol. The van der Waals surface area contributed by atoms with E-state index in [1.807, 2.05) is 24.3 Å². The number of ether oxygens (including phenoxy) is 1. The monoisotopic (exact) mass is 316 g/mol. The van der Waals surface area contributed by atoms with Gasteiger partial charge in [-0.25, -0.2) is 5.43 Å². The van der Waals surface area contributed by atoms with Gasteiger partial charge < -0.3 is 9.53 Å². The van der Waals surface area contributed by atoms with E-state index in [0.29, 0.717) is 5.92 Å². The number of rotatable bonds is 7. The van der Waals surface area contributed by atoms with Crippen LogP contribution in [0.1, 0.15) is 44.1 Å². The van der Waals surface area contributed by atoms with Gasteiger partial charge in [-0.1, -0.05) is 19.3 Å². The van der Waals surface area contributed by atoms with Gasteiger partial charge in [-0.15, -0.1) is 0 Å². The van der Waals surface area contributed by atoms with Crippen LogP contribution in [0.25, 0.3) is 0 Å². The molecule has 1 aromatic carbocycles. The molecule has 0 aliphatic heterocycles. The molecule has 1 saturated carbocycles. The lowest BCUT2D eigenvalue weighted by atomic mass is 9.79. The van der Waals surface area contributed by atoms with E-state index >= 15 is 0 Å². The summed E-state index contributed by atoms with van der Waals surface area (Å²) in [4.78, 5) is 23.2. The first-order valence-electron chi connectivity index (χ1n) is 8.14. The molecule has 0 aromatic heterocycles. The predicted octanol–water partition coefficient (Wildman–Crippen LogP) is 2.93. The highest BCUT2D eigenvalue weighted by molar-refractivity contribution is 5.83. The lowest BCUT2D eigenvalue weighted by Gasteiger charge is -2.25. The molecule has 0 bridgehead atoms. The number of benzene rings is 1. The third-order valence-electron chi connectivity index (χ3n) is 4.37. The average Bonchev–Trinajstić information content (AvgIpc) is 2.61. The fourth-order valence-corrected chi connectivity index (χ4v) is 3.02. The zero-order valence-corrected chi connectivity index (χ0v) is 13.5. The Hall–Kier alpha value is -2.17. The Morgan fingerprint density at radius 2 is 2.00 bits per heavy atom. The van der Waals surface area contributed by atoms with Crippen molar-refractivity contribution in [1.82, 2.24) is 5.43 Å². The SMILES string of the molecule is COc1ccc(/C=N\NC(=O)CC(C=O)C2CCCCC2)cc1.